The van der Waals surface area contributed by atoms with Crippen molar-refractivity contribution in [3.63, 3.8) is 0 Å². The van der Waals surface area contributed by atoms with Crippen LogP contribution >= 0.6 is 11.6 Å². The molecular formula is C17H19ClN2O4. The number of benzene rings is 2. The lowest BCUT2D eigenvalue weighted by atomic mass is 10.1. The maximum atomic E-state index is 11.9. The Hall–Kier alpha value is -2.44. The van der Waals surface area contributed by atoms with Gasteiger partial charge in [0.05, 0.1) is 14.2 Å². The van der Waals surface area contributed by atoms with Crippen LogP contribution in [0.5, 0.6) is 11.5 Å². The molecule has 0 aliphatic carbocycles. The van der Waals surface area contributed by atoms with Crippen LogP contribution in [0.2, 0.25) is 5.02 Å². The van der Waals surface area contributed by atoms with Gasteiger partial charge in [0.2, 0.25) is 0 Å². The van der Waals surface area contributed by atoms with Gasteiger partial charge in [0.25, 0.3) is 0 Å². The third-order valence-corrected chi connectivity index (χ3v) is 3.57. The molecule has 2 aromatic rings. The summed E-state index contributed by atoms with van der Waals surface area (Å²) in [6, 6.07) is 11.4. The monoisotopic (exact) mass is 350 g/mol. The van der Waals surface area contributed by atoms with Gasteiger partial charge in [0.15, 0.2) is 0 Å². The summed E-state index contributed by atoms with van der Waals surface area (Å²) in [6.07, 6.45) is -0.944. The Bertz CT molecular complexity index is 709. The fourth-order valence-corrected chi connectivity index (χ4v) is 2.33. The number of anilines is 1. The largest absolute Gasteiger partial charge is 0.497 e. The van der Waals surface area contributed by atoms with E-state index in [1.807, 2.05) is 0 Å². The average Bonchev–Trinajstić information content (AvgIpc) is 2.59. The zero-order valence-electron chi connectivity index (χ0n) is 13.4. The van der Waals surface area contributed by atoms with Crippen molar-refractivity contribution in [3.8, 4) is 11.5 Å². The number of nitrogens with one attached hydrogen (secondary N) is 2. The van der Waals surface area contributed by atoms with Crippen molar-refractivity contribution in [2.45, 2.75) is 6.10 Å². The summed E-state index contributed by atoms with van der Waals surface area (Å²) in [5.74, 6) is 1.11. The Balaban J connectivity index is 1.97. The Morgan fingerprint density at radius 2 is 2.00 bits per heavy atom. The predicted octanol–water partition coefficient (Wildman–Crippen LogP) is 3.21. The number of carbonyl (C=O) groups excluding carboxylic acids is 1. The van der Waals surface area contributed by atoms with Crippen LogP contribution in [-0.4, -0.2) is 31.9 Å². The molecular weight excluding hydrogens is 332 g/mol. The second kappa shape index (κ2) is 8.42. The molecule has 0 unspecified atom stereocenters. The Labute approximate surface area is 145 Å². The Morgan fingerprint density at radius 1 is 1.21 bits per heavy atom. The summed E-state index contributed by atoms with van der Waals surface area (Å²) in [7, 11) is 3.05. The van der Waals surface area contributed by atoms with Crippen LogP contribution in [0.4, 0.5) is 10.5 Å². The van der Waals surface area contributed by atoms with Gasteiger partial charge in [-0.05, 0) is 36.4 Å². The molecule has 0 radical (unpaired) electrons. The van der Waals surface area contributed by atoms with E-state index in [1.165, 1.54) is 14.2 Å². The fourth-order valence-electron chi connectivity index (χ4n) is 2.14. The predicted molar refractivity (Wildman–Crippen MR) is 93.0 cm³/mol. The third-order valence-electron chi connectivity index (χ3n) is 3.33. The molecule has 1 atom stereocenters. The summed E-state index contributed by atoms with van der Waals surface area (Å²) in [5, 5.41) is 16.1. The highest BCUT2D eigenvalue weighted by Crippen LogP contribution is 2.29. The standard InChI is InChI=1S/C17H19ClN2O4/c1-23-13-6-7-16(24-2)14(9-13)15(21)10-19-17(22)20-12-5-3-4-11(18)8-12/h3-9,15,21H,10H2,1-2H3,(H2,19,20,22)/t15-/m0/s1. The van der Waals surface area contributed by atoms with E-state index < -0.39 is 12.1 Å². The van der Waals surface area contributed by atoms with E-state index in [9.17, 15) is 9.90 Å². The van der Waals surface area contributed by atoms with Crippen LogP contribution in [0.3, 0.4) is 0 Å². The van der Waals surface area contributed by atoms with E-state index in [1.54, 1.807) is 42.5 Å². The van der Waals surface area contributed by atoms with E-state index in [2.05, 4.69) is 10.6 Å². The molecule has 0 fully saturated rings. The van der Waals surface area contributed by atoms with Gasteiger partial charge >= 0.3 is 6.03 Å². The van der Waals surface area contributed by atoms with Gasteiger partial charge in [-0.15, -0.1) is 0 Å². The van der Waals surface area contributed by atoms with Crippen molar-refractivity contribution in [1.82, 2.24) is 5.32 Å². The highest BCUT2D eigenvalue weighted by Gasteiger charge is 2.15. The van der Waals surface area contributed by atoms with Crippen molar-refractivity contribution in [1.29, 1.82) is 0 Å². The van der Waals surface area contributed by atoms with Gasteiger partial charge in [-0.2, -0.15) is 0 Å². The summed E-state index contributed by atoms with van der Waals surface area (Å²) in [6.45, 7) is 0.00985. The molecule has 6 nitrogen and oxygen atoms in total. The molecule has 0 spiro atoms. The number of aliphatic hydroxyl groups excluding tert-OH is 1. The van der Waals surface area contributed by atoms with Crippen molar-refractivity contribution in [3.05, 3.63) is 53.1 Å². The number of aliphatic hydroxyl groups is 1. The van der Waals surface area contributed by atoms with E-state index in [0.717, 1.165) is 0 Å². The zero-order valence-corrected chi connectivity index (χ0v) is 14.1. The van der Waals surface area contributed by atoms with Gasteiger partial charge in [-0.1, -0.05) is 17.7 Å². The lowest BCUT2D eigenvalue weighted by Crippen LogP contribution is -2.32. The Morgan fingerprint density at radius 3 is 2.67 bits per heavy atom. The number of hydrogen-bond acceptors (Lipinski definition) is 4. The smallest absolute Gasteiger partial charge is 0.319 e. The number of urea groups is 1. The van der Waals surface area contributed by atoms with E-state index in [4.69, 9.17) is 21.1 Å². The highest BCUT2D eigenvalue weighted by atomic mass is 35.5. The molecule has 2 amide bonds. The maximum absolute atomic E-state index is 11.9. The average molecular weight is 351 g/mol. The molecule has 0 aliphatic rings. The molecule has 0 aromatic heterocycles. The van der Waals surface area contributed by atoms with Crippen LogP contribution in [-0.2, 0) is 0 Å². The molecule has 24 heavy (non-hydrogen) atoms. The van der Waals surface area contributed by atoms with Gasteiger partial charge in [-0.3, -0.25) is 0 Å². The molecule has 2 aromatic carbocycles. The number of amides is 2. The topological polar surface area (TPSA) is 79.8 Å². The van der Waals surface area contributed by atoms with Crippen molar-refractivity contribution < 1.29 is 19.4 Å². The number of rotatable bonds is 6. The van der Waals surface area contributed by atoms with Crippen LogP contribution in [0.15, 0.2) is 42.5 Å². The molecule has 0 saturated heterocycles. The number of halogens is 1. The molecule has 0 heterocycles. The van der Waals surface area contributed by atoms with Gasteiger partial charge in [0.1, 0.15) is 17.6 Å². The lowest BCUT2D eigenvalue weighted by Gasteiger charge is -2.17. The van der Waals surface area contributed by atoms with Crippen LogP contribution in [0, 0.1) is 0 Å². The van der Waals surface area contributed by atoms with Crippen LogP contribution in [0.1, 0.15) is 11.7 Å². The van der Waals surface area contributed by atoms with Crippen LogP contribution < -0.4 is 20.1 Å². The molecule has 0 aliphatic heterocycles. The Kier molecular flexibility index (Phi) is 6.28. The quantitative estimate of drug-likeness (QED) is 0.747. The second-order valence-electron chi connectivity index (χ2n) is 4.97. The van der Waals surface area contributed by atoms with Crippen LogP contribution in [0.25, 0.3) is 0 Å². The van der Waals surface area contributed by atoms with Crippen molar-refractivity contribution in [2.24, 2.45) is 0 Å². The molecule has 3 N–H and O–H groups in total. The summed E-state index contributed by atoms with van der Waals surface area (Å²) >= 11 is 5.86. The molecule has 2 rings (SSSR count). The summed E-state index contributed by atoms with van der Waals surface area (Å²) < 4.78 is 10.4. The first kappa shape index (κ1) is 17.9. The fraction of sp³-hybridized carbons (Fsp3) is 0.235. The number of ether oxygens (including phenoxy) is 2. The zero-order chi connectivity index (χ0) is 17.5. The summed E-state index contributed by atoms with van der Waals surface area (Å²) in [4.78, 5) is 11.9. The minimum absolute atomic E-state index is 0.00985. The maximum Gasteiger partial charge on any atom is 0.319 e. The van der Waals surface area contributed by atoms with Crippen molar-refractivity contribution >= 4 is 23.3 Å². The highest BCUT2D eigenvalue weighted by molar-refractivity contribution is 6.30. The van der Waals surface area contributed by atoms with E-state index >= 15 is 0 Å². The normalized spacial score (nSPS) is 11.5. The molecule has 7 heteroatoms. The van der Waals surface area contributed by atoms with E-state index in [0.29, 0.717) is 27.8 Å². The summed E-state index contributed by atoms with van der Waals surface area (Å²) in [5.41, 5.74) is 1.09. The van der Waals surface area contributed by atoms with E-state index in [-0.39, 0.29) is 6.54 Å². The lowest BCUT2D eigenvalue weighted by molar-refractivity contribution is 0.170. The number of methoxy groups -OCH3 is 2. The van der Waals surface area contributed by atoms with Gasteiger partial charge in [-0.25, -0.2) is 4.79 Å². The van der Waals surface area contributed by atoms with Crippen molar-refractivity contribution in [2.75, 3.05) is 26.1 Å². The first-order valence-electron chi connectivity index (χ1n) is 7.24. The first-order chi connectivity index (χ1) is 11.5. The number of hydrogen-bond donors (Lipinski definition) is 3. The molecule has 128 valence electrons. The second-order valence-corrected chi connectivity index (χ2v) is 5.41. The first-order valence-corrected chi connectivity index (χ1v) is 7.61. The van der Waals surface area contributed by atoms with Gasteiger partial charge < -0.3 is 25.2 Å². The SMILES string of the molecule is COc1ccc(OC)c([C@@H](O)CNC(=O)Nc2cccc(Cl)c2)c1. The molecule has 0 bridgehead atoms. The minimum Gasteiger partial charge on any atom is -0.497 e. The molecule has 0 saturated carbocycles. The van der Waals surface area contributed by atoms with Gasteiger partial charge in [0, 0.05) is 22.8 Å². The third kappa shape index (κ3) is 4.78. The number of carbonyl (C=O) groups is 1. The minimum atomic E-state index is -0.944.